The largest absolute Gasteiger partial charge is 0.151 e. The Kier molecular flexibility index (Phi) is 7.21. The molecule has 3 heteroatoms. The minimum absolute atomic E-state index is 0.617. The summed E-state index contributed by atoms with van der Waals surface area (Å²) in [5, 5.41) is 13.7. The smallest absolute Gasteiger partial charge is 0.130 e. The van der Waals surface area contributed by atoms with Gasteiger partial charge >= 0.3 is 0 Å². The van der Waals surface area contributed by atoms with Crippen molar-refractivity contribution in [3.05, 3.63) is 72.3 Å². The Balaban J connectivity index is 1.83. The Labute approximate surface area is 223 Å². The second kappa shape index (κ2) is 10.4. The molecule has 0 amide bonds. The third-order valence-corrected chi connectivity index (χ3v) is 9.79. The summed E-state index contributed by atoms with van der Waals surface area (Å²) in [6.45, 7) is 13.8. The van der Waals surface area contributed by atoms with Crippen LogP contribution in [0.1, 0.15) is 47.1 Å². The highest BCUT2D eigenvalue weighted by Gasteiger charge is 2.14. The lowest BCUT2D eigenvalue weighted by Crippen LogP contribution is -2.20. The van der Waals surface area contributed by atoms with Crippen LogP contribution in [0.25, 0.3) is 43.1 Å². The van der Waals surface area contributed by atoms with Gasteiger partial charge in [0.05, 0.1) is 19.0 Å². The van der Waals surface area contributed by atoms with Crippen molar-refractivity contribution in [1.82, 2.24) is 0 Å². The van der Waals surface area contributed by atoms with Crippen LogP contribution in [0.15, 0.2) is 66.7 Å². The summed E-state index contributed by atoms with van der Waals surface area (Å²) in [4.78, 5) is 0. The van der Waals surface area contributed by atoms with Gasteiger partial charge in [0.25, 0.3) is 0 Å². The van der Waals surface area contributed by atoms with Gasteiger partial charge in [0, 0.05) is 5.56 Å². The monoisotopic (exact) mass is 512 g/mol. The van der Waals surface area contributed by atoms with Crippen molar-refractivity contribution in [2.45, 2.75) is 58.2 Å². The quantitative estimate of drug-likeness (QED) is 0.130. The standard InChI is InChI=1S/C33H32Si3/c1-20(2)34-12-11-25-15-29(35-21(3)4)16-28-19-32-27(18-30(25)28)14-26-13-23-9-7-8-10-24(23)17-31(26)33(32)36-22(5)6/h7-10,13-22H,1-6H3. The zero-order valence-electron chi connectivity index (χ0n) is 22.1. The summed E-state index contributed by atoms with van der Waals surface area (Å²) in [7, 11) is 2.25. The summed E-state index contributed by atoms with van der Waals surface area (Å²) in [6.07, 6.45) is 0. The Morgan fingerprint density at radius 1 is 0.556 bits per heavy atom. The van der Waals surface area contributed by atoms with Gasteiger partial charge in [0.1, 0.15) is 0 Å². The molecule has 0 saturated carbocycles. The highest BCUT2D eigenvalue weighted by Crippen LogP contribution is 2.30. The van der Waals surface area contributed by atoms with Gasteiger partial charge in [-0.1, -0.05) is 94.1 Å². The van der Waals surface area contributed by atoms with Crippen molar-refractivity contribution in [3.63, 3.8) is 0 Å². The molecule has 6 radical (unpaired) electrons. The van der Waals surface area contributed by atoms with Crippen LogP contribution in [0.4, 0.5) is 0 Å². The van der Waals surface area contributed by atoms with E-state index in [1.165, 1.54) is 59.0 Å². The molecular formula is C33H32Si3. The fourth-order valence-electron chi connectivity index (χ4n) is 4.88. The molecule has 5 aromatic carbocycles. The van der Waals surface area contributed by atoms with Crippen LogP contribution < -0.4 is 10.4 Å². The topological polar surface area (TPSA) is 0 Å². The van der Waals surface area contributed by atoms with E-state index in [1.807, 2.05) is 0 Å². The Bertz CT molecular complexity index is 1650. The molecule has 0 aliphatic carbocycles. The lowest BCUT2D eigenvalue weighted by Gasteiger charge is -2.16. The van der Waals surface area contributed by atoms with Gasteiger partial charge in [0.2, 0.25) is 0 Å². The SMILES string of the molecule is CC(C)[Si]C#Cc1cc([Si]C(C)C)cc2cc3c([Si]C(C)C)c4cc5ccccc5cc4cc3cc12. The van der Waals surface area contributed by atoms with Crippen LogP contribution >= 0.6 is 0 Å². The maximum absolute atomic E-state index is 3.57. The molecule has 0 aliphatic heterocycles. The maximum Gasteiger partial charge on any atom is 0.151 e. The average molecular weight is 513 g/mol. The van der Waals surface area contributed by atoms with Crippen LogP contribution in [-0.4, -0.2) is 28.6 Å². The van der Waals surface area contributed by atoms with E-state index in [4.69, 9.17) is 0 Å². The predicted molar refractivity (Wildman–Crippen MR) is 165 cm³/mol. The van der Waals surface area contributed by atoms with E-state index in [0.29, 0.717) is 26.1 Å². The Morgan fingerprint density at radius 2 is 1.11 bits per heavy atom. The molecule has 0 nitrogen and oxygen atoms in total. The number of benzene rings is 5. The molecule has 176 valence electrons. The zero-order valence-corrected chi connectivity index (χ0v) is 25.1. The molecule has 0 spiro atoms. The minimum Gasteiger partial charge on any atom is -0.130 e. The van der Waals surface area contributed by atoms with E-state index in [2.05, 4.69) is 120 Å². The van der Waals surface area contributed by atoms with Gasteiger partial charge in [-0.05, 0) is 90.2 Å². The maximum atomic E-state index is 3.57. The van der Waals surface area contributed by atoms with E-state index < -0.39 is 0 Å². The molecule has 36 heavy (non-hydrogen) atoms. The third kappa shape index (κ3) is 5.22. The van der Waals surface area contributed by atoms with Crippen LogP contribution in [0, 0.1) is 11.5 Å². The van der Waals surface area contributed by atoms with Gasteiger partial charge in [-0.2, -0.15) is 0 Å². The summed E-state index contributed by atoms with van der Waals surface area (Å²) >= 11 is 0. The van der Waals surface area contributed by atoms with Crippen molar-refractivity contribution in [1.29, 1.82) is 0 Å². The molecule has 0 heterocycles. The first-order chi connectivity index (χ1) is 17.3. The van der Waals surface area contributed by atoms with Gasteiger partial charge in [-0.25, -0.2) is 0 Å². The molecule has 0 aliphatic rings. The predicted octanol–water partition coefficient (Wildman–Crippen LogP) is 7.46. The normalized spacial score (nSPS) is 11.9. The molecule has 0 aromatic heterocycles. The number of hydrogen-bond donors (Lipinski definition) is 0. The first-order valence-corrected chi connectivity index (χ1v) is 16.2. The average Bonchev–Trinajstić information content (AvgIpc) is 2.81. The summed E-state index contributed by atoms with van der Waals surface area (Å²) in [5.41, 5.74) is 6.57. The van der Waals surface area contributed by atoms with Crippen LogP contribution in [0.2, 0.25) is 16.6 Å². The first kappa shape index (κ1) is 25.0. The van der Waals surface area contributed by atoms with E-state index in [1.54, 1.807) is 0 Å². The molecule has 5 rings (SSSR count). The van der Waals surface area contributed by atoms with E-state index in [9.17, 15) is 0 Å². The Morgan fingerprint density at radius 3 is 1.78 bits per heavy atom. The summed E-state index contributed by atoms with van der Waals surface area (Å²) in [6, 6.07) is 25.6. The highest BCUT2D eigenvalue weighted by molar-refractivity contribution is 6.62. The molecule has 0 unspecified atom stereocenters. The van der Waals surface area contributed by atoms with Crippen molar-refractivity contribution < 1.29 is 0 Å². The van der Waals surface area contributed by atoms with Crippen molar-refractivity contribution >= 4 is 82.0 Å². The van der Waals surface area contributed by atoms with E-state index >= 15 is 0 Å². The first-order valence-electron chi connectivity index (χ1n) is 12.9. The van der Waals surface area contributed by atoms with E-state index in [0.717, 1.165) is 19.0 Å². The molecule has 0 N–H and O–H groups in total. The zero-order chi connectivity index (χ0) is 25.4. The fraction of sp³-hybridized carbons (Fsp3) is 0.273. The molecule has 0 atom stereocenters. The number of rotatable bonds is 5. The highest BCUT2D eigenvalue weighted by atomic mass is 28.2. The van der Waals surface area contributed by atoms with E-state index in [-0.39, 0.29) is 0 Å². The van der Waals surface area contributed by atoms with Crippen LogP contribution in [0.3, 0.4) is 0 Å². The van der Waals surface area contributed by atoms with Gasteiger partial charge in [-0.15, -0.1) is 5.54 Å². The lowest BCUT2D eigenvalue weighted by molar-refractivity contribution is 1.07. The second-order valence-corrected chi connectivity index (χ2v) is 16.3. The van der Waals surface area contributed by atoms with Crippen molar-refractivity contribution in [2.24, 2.45) is 0 Å². The number of fused-ring (bicyclic) bond motifs is 4. The molecule has 5 aromatic rings. The molecule has 0 bridgehead atoms. The minimum atomic E-state index is 0.617. The summed E-state index contributed by atoms with van der Waals surface area (Å²) in [5.74, 6) is 3.57. The van der Waals surface area contributed by atoms with Crippen molar-refractivity contribution in [2.75, 3.05) is 0 Å². The number of hydrogen-bond acceptors (Lipinski definition) is 0. The van der Waals surface area contributed by atoms with Gasteiger partial charge < -0.3 is 0 Å². The molecule has 0 fully saturated rings. The second-order valence-electron chi connectivity index (χ2n) is 10.6. The lowest BCUT2D eigenvalue weighted by atomic mass is 9.96. The van der Waals surface area contributed by atoms with Gasteiger partial charge in [-0.3, -0.25) is 0 Å². The van der Waals surface area contributed by atoms with Crippen molar-refractivity contribution in [3.8, 4) is 11.5 Å². The fourth-order valence-corrected chi connectivity index (χ4v) is 7.83. The Hall–Kier alpha value is -2.65. The third-order valence-electron chi connectivity index (χ3n) is 6.34. The van der Waals surface area contributed by atoms with Crippen LogP contribution in [0.5, 0.6) is 0 Å². The molecule has 0 saturated heterocycles. The molecular weight excluding hydrogens is 481 g/mol. The van der Waals surface area contributed by atoms with Gasteiger partial charge in [0.15, 0.2) is 9.52 Å². The van der Waals surface area contributed by atoms with Crippen LogP contribution in [-0.2, 0) is 0 Å². The summed E-state index contributed by atoms with van der Waals surface area (Å²) < 4.78 is 0.